The van der Waals surface area contributed by atoms with Crippen LogP contribution in [0.15, 0.2) is 18.2 Å². The number of carbonyl (C=O) groups excluding carboxylic acids is 1. The molecule has 0 aliphatic carbocycles. The van der Waals surface area contributed by atoms with Gasteiger partial charge in [0.15, 0.2) is 0 Å². The molecular weight excluding hydrogens is 262 g/mol. The number of aliphatic hydroxyl groups excluding tert-OH is 1. The number of nitrogens with zero attached hydrogens (tertiary/aromatic N) is 2. The minimum Gasteiger partial charge on any atom is -0.396 e. The maximum Gasteiger partial charge on any atom is 0.292 e. The number of anilines is 1. The molecule has 0 unspecified atom stereocenters. The van der Waals surface area contributed by atoms with Crippen LogP contribution in [0.5, 0.6) is 0 Å². The molecule has 7 nitrogen and oxygen atoms in total. The maximum absolute atomic E-state index is 12.2. The van der Waals surface area contributed by atoms with Crippen molar-refractivity contribution in [3.8, 4) is 0 Å². The van der Waals surface area contributed by atoms with E-state index in [1.165, 1.54) is 23.1 Å². The maximum atomic E-state index is 12.2. The van der Waals surface area contributed by atoms with E-state index < -0.39 is 4.92 Å². The van der Waals surface area contributed by atoms with E-state index >= 15 is 0 Å². The summed E-state index contributed by atoms with van der Waals surface area (Å²) in [7, 11) is 1.62. The average Bonchev–Trinajstić information content (AvgIpc) is 2.42. The number of nitro benzene ring substituents is 1. The lowest BCUT2D eigenvalue weighted by atomic mass is 10.1. The smallest absolute Gasteiger partial charge is 0.292 e. The molecule has 1 rings (SSSR count). The first kappa shape index (κ1) is 15.9. The van der Waals surface area contributed by atoms with E-state index in [0.717, 1.165) is 12.8 Å². The monoisotopic (exact) mass is 281 g/mol. The Morgan fingerprint density at radius 3 is 2.70 bits per heavy atom. The zero-order valence-electron chi connectivity index (χ0n) is 11.4. The topological polar surface area (TPSA) is 110 Å². The van der Waals surface area contributed by atoms with Gasteiger partial charge >= 0.3 is 0 Å². The first-order chi connectivity index (χ1) is 9.49. The van der Waals surface area contributed by atoms with Gasteiger partial charge in [-0.25, -0.2) is 0 Å². The lowest BCUT2D eigenvalue weighted by Gasteiger charge is -2.18. The Bertz CT molecular complexity index is 491. The highest BCUT2D eigenvalue weighted by Gasteiger charge is 2.21. The van der Waals surface area contributed by atoms with E-state index in [9.17, 15) is 14.9 Å². The largest absolute Gasteiger partial charge is 0.396 e. The Morgan fingerprint density at radius 1 is 1.40 bits per heavy atom. The number of hydrogen-bond acceptors (Lipinski definition) is 5. The summed E-state index contributed by atoms with van der Waals surface area (Å²) in [6, 6.07) is 4.20. The molecule has 20 heavy (non-hydrogen) atoms. The number of carbonyl (C=O) groups is 1. The third-order valence-corrected chi connectivity index (χ3v) is 3.01. The molecule has 110 valence electrons. The van der Waals surface area contributed by atoms with Gasteiger partial charge in [-0.2, -0.15) is 0 Å². The quantitative estimate of drug-likeness (QED) is 0.340. The van der Waals surface area contributed by atoms with E-state index in [4.69, 9.17) is 10.8 Å². The lowest BCUT2D eigenvalue weighted by molar-refractivity contribution is -0.383. The zero-order valence-corrected chi connectivity index (χ0v) is 11.4. The van der Waals surface area contributed by atoms with Gasteiger partial charge in [-0.1, -0.05) is 6.07 Å². The van der Waals surface area contributed by atoms with Crippen LogP contribution in [0.25, 0.3) is 0 Å². The van der Waals surface area contributed by atoms with E-state index in [-0.39, 0.29) is 29.5 Å². The minimum atomic E-state index is -0.604. The summed E-state index contributed by atoms with van der Waals surface area (Å²) in [5.41, 5.74) is 5.45. The number of unbranched alkanes of at least 4 members (excludes halogenated alkanes) is 2. The molecule has 0 aromatic heterocycles. The average molecular weight is 281 g/mol. The van der Waals surface area contributed by atoms with Gasteiger partial charge in [-0.15, -0.1) is 0 Å². The van der Waals surface area contributed by atoms with Crippen LogP contribution in [0.4, 0.5) is 11.4 Å². The number of benzene rings is 1. The second-order valence-corrected chi connectivity index (χ2v) is 4.51. The predicted octanol–water partition coefficient (Wildman–Crippen LogP) is 1.41. The van der Waals surface area contributed by atoms with Crippen molar-refractivity contribution in [3.05, 3.63) is 33.9 Å². The van der Waals surface area contributed by atoms with Gasteiger partial charge in [-0.05, 0) is 25.3 Å². The molecule has 0 saturated carbocycles. The van der Waals surface area contributed by atoms with Crippen molar-refractivity contribution in [1.29, 1.82) is 0 Å². The molecule has 1 amide bonds. The molecule has 0 saturated heterocycles. The molecule has 1 aromatic carbocycles. The number of nitrogens with two attached hydrogens (primary N) is 1. The fraction of sp³-hybridized carbons (Fsp3) is 0.462. The van der Waals surface area contributed by atoms with Gasteiger partial charge in [0.25, 0.3) is 11.6 Å². The van der Waals surface area contributed by atoms with E-state index in [1.54, 1.807) is 7.05 Å². The highest BCUT2D eigenvalue weighted by atomic mass is 16.6. The minimum absolute atomic E-state index is 0.107. The second-order valence-electron chi connectivity index (χ2n) is 4.51. The van der Waals surface area contributed by atoms with Crippen LogP contribution < -0.4 is 5.73 Å². The first-order valence-electron chi connectivity index (χ1n) is 6.38. The van der Waals surface area contributed by atoms with Crippen molar-refractivity contribution < 1.29 is 14.8 Å². The third-order valence-electron chi connectivity index (χ3n) is 3.01. The number of rotatable bonds is 7. The Hall–Kier alpha value is -2.15. The Balaban J connectivity index is 2.76. The molecule has 0 bridgehead atoms. The Labute approximate surface area is 117 Å². The SMILES string of the molecule is CN(CCCCCO)C(=O)c1cccc([N+](=O)[O-])c1N. The fourth-order valence-electron chi connectivity index (χ4n) is 1.84. The highest BCUT2D eigenvalue weighted by Crippen LogP contribution is 2.25. The van der Waals surface area contributed by atoms with Gasteiger partial charge in [0.1, 0.15) is 5.69 Å². The highest BCUT2D eigenvalue weighted by molar-refractivity contribution is 6.00. The number of hydrogen-bond donors (Lipinski definition) is 2. The fourth-order valence-corrected chi connectivity index (χ4v) is 1.84. The van der Waals surface area contributed by atoms with Crippen LogP contribution in [0, 0.1) is 10.1 Å². The first-order valence-corrected chi connectivity index (χ1v) is 6.38. The number of nitrogen functional groups attached to an aromatic ring is 1. The van der Waals surface area contributed by atoms with Crippen LogP contribution in [-0.4, -0.2) is 41.0 Å². The summed E-state index contributed by atoms with van der Waals surface area (Å²) in [5.74, 6) is -0.338. The number of para-hydroxylation sites is 1. The molecular formula is C13H19N3O4. The summed E-state index contributed by atoms with van der Waals surface area (Å²) in [4.78, 5) is 23.8. The zero-order chi connectivity index (χ0) is 15.1. The van der Waals surface area contributed by atoms with Gasteiger partial charge in [0.05, 0.1) is 10.5 Å². The summed E-state index contributed by atoms with van der Waals surface area (Å²) in [5, 5.41) is 19.5. The molecule has 7 heteroatoms. The molecule has 0 aliphatic rings. The van der Waals surface area contributed by atoms with E-state index in [2.05, 4.69) is 0 Å². The number of nitro groups is 1. The summed E-state index contributed by atoms with van der Waals surface area (Å²) >= 11 is 0. The van der Waals surface area contributed by atoms with Gasteiger partial charge in [0, 0.05) is 26.3 Å². The standard InChI is InChI=1S/C13H19N3O4/c1-15(8-3-2-4-9-17)13(18)10-6-5-7-11(12(10)14)16(19)20/h5-7,17H,2-4,8-9,14H2,1H3. The van der Waals surface area contributed by atoms with Crippen LogP contribution in [0.1, 0.15) is 29.6 Å². The third kappa shape index (κ3) is 3.92. The second kappa shape index (κ2) is 7.44. The molecule has 0 fully saturated rings. The summed E-state index contributed by atoms with van der Waals surface area (Å²) in [6.07, 6.45) is 2.27. The van der Waals surface area contributed by atoms with E-state index in [0.29, 0.717) is 13.0 Å². The van der Waals surface area contributed by atoms with Crippen molar-refractivity contribution in [2.45, 2.75) is 19.3 Å². The summed E-state index contributed by atoms with van der Waals surface area (Å²) in [6.45, 7) is 0.649. The molecule has 3 N–H and O–H groups in total. The van der Waals surface area contributed by atoms with E-state index in [1.807, 2.05) is 0 Å². The van der Waals surface area contributed by atoms with Crippen molar-refractivity contribution >= 4 is 17.3 Å². The number of amides is 1. The molecule has 0 aliphatic heterocycles. The van der Waals surface area contributed by atoms with Crippen molar-refractivity contribution in [1.82, 2.24) is 4.90 Å². The normalized spacial score (nSPS) is 10.3. The number of aliphatic hydroxyl groups is 1. The van der Waals surface area contributed by atoms with Crippen LogP contribution in [0.2, 0.25) is 0 Å². The predicted molar refractivity (Wildman–Crippen MR) is 75.4 cm³/mol. The van der Waals surface area contributed by atoms with Crippen LogP contribution >= 0.6 is 0 Å². The molecule has 0 radical (unpaired) electrons. The molecule has 0 heterocycles. The molecule has 0 atom stereocenters. The Morgan fingerprint density at radius 2 is 2.10 bits per heavy atom. The van der Waals surface area contributed by atoms with Crippen LogP contribution in [-0.2, 0) is 0 Å². The van der Waals surface area contributed by atoms with Crippen LogP contribution in [0.3, 0.4) is 0 Å². The van der Waals surface area contributed by atoms with Gasteiger partial charge in [0.2, 0.25) is 0 Å². The Kier molecular flexibility index (Phi) is 5.92. The lowest BCUT2D eigenvalue weighted by Crippen LogP contribution is -2.28. The van der Waals surface area contributed by atoms with Crippen molar-refractivity contribution in [2.75, 3.05) is 25.9 Å². The van der Waals surface area contributed by atoms with Gasteiger partial charge in [-0.3, -0.25) is 14.9 Å². The molecule has 1 aromatic rings. The molecule has 0 spiro atoms. The van der Waals surface area contributed by atoms with Crippen molar-refractivity contribution in [2.24, 2.45) is 0 Å². The van der Waals surface area contributed by atoms with Gasteiger partial charge < -0.3 is 15.7 Å². The summed E-state index contributed by atoms with van der Waals surface area (Å²) < 4.78 is 0. The van der Waals surface area contributed by atoms with Crippen molar-refractivity contribution in [3.63, 3.8) is 0 Å².